The van der Waals surface area contributed by atoms with Gasteiger partial charge in [-0.3, -0.25) is 9.59 Å². The smallest absolute Gasteiger partial charge is 0.293 e. The number of nitrogens with one attached hydrogen (secondary N) is 1. The van der Waals surface area contributed by atoms with E-state index >= 15 is 0 Å². The lowest BCUT2D eigenvalue weighted by Gasteiger charge is -2.11. The number of fused-ring (bicyclic) bond motifs is 1. The molecule has 1 saturated carbocycles. The number of benzene rings is 2. The van der Waals surface area contributed by atoms with Crippen LogP contribution in [0.15, 0.2) is 59.5 Å². The number of hydrogen-bond acceptors (Lipinski definition) is 4. The van der Waals surface area contributed by atoms with Crippen LogP contribution in [0.1, 0.15) is 30.0 Å². The number of carbonyl (C=O) groups is 1. The molecule has 1 aliphatic rings. The second kappa shape index (κ2) is 7.46. The Kier molecular flexibility index (Phi) is 4.62. The van der Waals surface area contributed by atoms with Crippen molar-refractivity contribution in [2.45, 2.75) is 32.2 Å². The van der Waals surface area contributed by atoms with Crippen molar-refractivity contribution >= 4 is 22.5 Å². The summed E-state index contributed by atoms with van der Waals surface area (Å²) in [5, 5.41) is 12.3. The van der Waals surface area contributed by atoms with Crippen LogP contribution < -0.4 is 10.9 Å². The number of para-hydroxylation sites is 1. The number of rotatable bonds is 5. The van der Waals surface area contributed by atoms with E-state index in [2.05, 4.69) is 15.5 Å². The second-order valence-corrected chi connectivity index (χ2v) is 7.79. The first kappa shape index (κ1) is 19.2. The zero-order valence-electron chi connectivity index (χ0n) is 16.9. The van der Waals surface area contributed by atoms with Crippen molar-refractivity contribution in [2.75, 3.05) is 5.32 Å². The van der Waals surface area contributed by atoms with E-state index in [-0.39, 0.29) is 12.5 Å². The minimum absolute atomic E-state index is 0.259. The van der Waals surface area contributed by atoms with E-state index in [9.17, 15) is 14.0 Å². The predicted octanol–water partition coefficient (Wildman–Crippen LogP) is 3.55. The van der Waals surface area contributed by atoms with Crippen molar-refractivity contribution in [3.63, 3.8) is 0 Å². The Hall–Kier alpha value is -3.81. The number of aromatic nitrogens is 4. The van der Waals surface area contributed by atoms with Gasteiger partial charge in [0.05, 0.1) is 17.6 Å². The Morgan fingerprint density at radius 1 is 1.19 bits per heavy atom. The van der Waals surface area contributed by atoms with Gasteiger partial charge in [0.25, 0.3) is 5.56 Å². The van der Waals surface area contributed by atoms with Crippen LogP contribution in [0.4, 0.5) is 10.1 Å². The molecule has 0 radical (unpaired) electrons. The van der Waals surface area contributed by atoms with Crippen LogP contribution in [0.25, 0.3) is 16.6 Å². The maximum Gasteiger partial charge on any atom is 0.293 e. The average molecular weight is 417 g/mol. The van der Waals surface area contributed by atoms with Gasteiger partial charge in [-0.2, -0.15) is 10.2 Å². The van der Waals surface area contributed by atoms with Gasteiger partial charge >= 0.3 is 0 Å². The van der Waals surface area contributed by atoms with Crippen molar-refractivity contribution in [1.82, 2.24) is 19.6 Å². The van der Waals surface area contributed by atoms with Crippen molar-refractivity contribution in [3.05, 3.63) is 82.2 Å². The summed E-state index contributed by atoms with van der Waals surface area (Å²) in [7, 11) is 0. The van der Waals surface area contributed by atoms with Crippen molar-refractivity contribution < 1.29 is 9.18 Å². The topological polar surface area (TPSA) is 81.8 Å². The van der Waals surface area contributed by atoms with Crippen LogP contribution in [0.2, 0.25) is 0 Å². The summed E-state index contributed by atoms with van der Waals surface area (Å²) in [6, 6.07) is 13.3. The molecule has 0 unspecified atom stereocenters. The molecular formula is C23H20FN5O2. The molecule has 0 bridgehead atoms. The molecule has 0 spiro atoms. The summed E-state index contributed by atoms with van der Waals surface area (Å²) < 4.78 is 16.2. The second-order valence-electron chi connectivity index (χ2n) is 7.79. The van der Waals surface area contributed by atoms with Crippen LogP contribution in [0.3, 0.4) is 0 Å². The van der Waals surface area contributed by atoms with Crippen molar-refractivity contribution in [3.8, 4) is 5.69 Å². The van der Waals surface area contributed by atoms with Gasteiger partial charge in [-0.05, 0) is 49.6 Å². The molecule has 156 valence electrons. The van der Waals surface area contributed by atoms with E-state index in [0.717, 1.165) is 35.2 Å². The van der Waals surface area contributed by atoms with Crippen LogP contribution >= 0.6 is 0 Å². The summed E-state index contributed by atoms with van der Waals surface area (Å²) >= 11 is 0. The fourth-order valence-corrected chi connectivity index (χ4v) is 3.75. The number of aryl methyl sites for hydroxylation is 1. The minimum Gasteiger partial charge on any atom is -0.324 e. The molecule has 0 atom stereocenters. The summed E-state index contributed by atoms with van der Waals surface area (Å²) in [6.45, 7) is 1.68. The van der Waals surface area contributed by atoms with Gasteiger partial charge in [0.1, 0.15) is 17.9 Å². The van der Waals surface area contributed by atoms with Crippen LogP contribution in [0, 0.1) is 12.7 Å². The first-order valence-corrected chi connectivity index (χ1v) is 10.1. The standard InChI is InChI=1S/C23H20FN5O2/c1-14-5-2-3-8-19(14)29-22-18(12-25-29)21(15-9-10-15)27-28(23(22)31)13-20(30)26-17-7-4-6-16(24)11-17/h2-8,11-12,15H,9-10,13H2,1H3,(H,26,30). The van der Waals surface area contributed by atoms with E-state index < -0.39 is 17.3 Å². The molecule has 31 heavy (non-hydrogen) atoms. The van der Waals surface area contributed by atoms with Gasteiger partial charge in [0, 0.05) is 17.0 Å². The Morgan fingerprint density at radius 3 is 2.74 bits per heavy atom. The third-order valence-corrected chi connectivity index (χ3v) is 5.42. The predicted molar refractivity (Wildman–Crippen MR) is 115 cm³/mol. The lowest BCUT2D eigenvalue weighted by Crippen LogP contribution is -2.31. The molecule has 1 N–H and O–H groups in total. The summed E-state index contributed by atoms with van der Waals surface area (Å²) in [4.78, 5) is 25.9. The van der Waals surface area contributed by atoms with Gasteiger partial charge in [-0.15, -0.1) is 0 Å². The fourth-order valence-electron chi connectivity index (χ4n) is 3.75. The van der Waals surface area contributed by atoms with Gasteiger partial charge in [-0.25, -0.2) is 13.8 Å². The molecule has 1 aliphatic carbocycles. The highest BCUT2D eigenvalue weighted by atomic mass is 19.1. The highest BCUT2D eigenvalue weighted by Crippen LogP contribution is 2.41. The van der Waals surface area contributed by atoms with E-state index in [1.807, 2.05) is 31.2 Å². The lowest BCUT2D eigenvalue weighted by atomic mass is 10.2. The number of amides is 1. The maximum absolute atomic E-state index is 13.4. The largest absolute Gasteiger partial charge is 0.324 e. The Balaban J connectivity index is 1.58. The lowest BCUT2D eigenvalue weighted by molar-refractivity contribution is -0.117. The van der Waals surface area contributed by atoms with Crippen LogP contribution in [0.5, 0.6) is 0 Å². The highest BCUT2D eigenvalue weighted by Gasteiger charge is 2.30. The quantitative estimate of drug-likeness (QED) is 0.539. The molecule has 1 amide bonds. The monoisotopic (exact) mass is 417 g/mol. The summed E-state index contributed by atoms with van der Waals surface area (Å²) in [5.74, 6) is -0.647. The van der Waals surface area contributed by atoms with Gasteiger partial charge in [0.2, 0.25) is 5.91 Å². The highest BCUT2D eigenvalue weighted by molar-refractivity contribution is 5.90. The summed E-state index contributed by atoms with van der Waals surface area (Å²) in [6.07, 6.45) is 3.66. The van der Waals surface area contributed by atoms with Crippen LogP contribution in [-0.4, -0.2) is 25.5 Å². The normalized spacial score (nSPS) is 13.5. The molecule has 7 nitrogen and oxygen atoms in total. The molecular weight excluding hydrogens is 397 g/mol. The number of anilines is 1. The molecule has 5 rings (SSSR count). The van der Waals surface area contributed by atoms with Crippen molar-refractivity contribution in [2.24, 2.45) is 0 Å². The van der Waals surface area contributed by atoms with Crippen molar-refractivity contribution in [1.29, 1.82) is 0 Å². The molecule has 0 aliphatic heterocycles. The van der Waals surface area contributed by atoms with E-state index in [1.54, 1.807) is 16.9 Å². The van der Waals surface area contributed by atoms with Gasteiger partial charge in [-0.1, -0.05) is 24.3 Å². The number of carbonyl (C=O) groups excluding carboxylic acids is 1. The Morgan fingerprint density at radius 2 is 2.00 bits per heavy atom. The number of hydrogen-bond donors (Lipinski definition) is 1. The van der Waals surface area contributed by atoms with E-state index in [0.29, 0.717) is 11.2 Å². The van der Waals surface area contributed by atoms with Gasteiger partial charge in [0.15, 0.2) is 0 Å². The van der Waals surface area contributed by atoms with E-state index in [1.165, 1.54) is 22.9 Å². The molecule has 2 aromatic heterocycles. The number of nitrogens with zero attached hydrogens (tertiary/aromatic N) is 4. The fraction of sp³-hybridized carbons (Fsp3) is 0.217. The van der Waals surface area contributed by atoms with E-state index in [4.69, 9.17) is 0 Å². The Bertz CT molecular complexity index is 1370. The molecule has 4 aromatic rings. The number of halogens is 1. The molecule has 1 fully saturated rings. The molecule has 2 heterocycles. The maximum atomic E-state index is 13.4. The van der Waals surface area contributed by atoms with Gasteiger partial charge < -0.3 is 5.32 Å². The average Bonchev–Trinajstić information content (AvgIpc) is 3.49. The first-order valence-electron chi connectivity index (χ1n) is 10.1. The molecule has 0 saturated heterocycles. The zero-order chi connectivity index (χ0) is 21.5. The minimum atomic E-state index is -0.455. The third-order valence-electron chi connectivity index (χ3n) is 5.42. The van der Waals surface area contributed by atoms with Crippen LogP contribution in [-0.2, 0) is 11.3 Å². The Labute approximate surface area is 177 Å². The SMILES string of the molecule is Cc1ccccc1-n1ncc2c(C3CC3)nn(CC(=O)Nc3cccc(F)c3)c(=O)c21. The summed E-state index contributed by atoms with van der Waals surface area (Å²) in [5.41, 5.74) is 2.91. The molecule has 8 heteroatoms. The third kappa shape index (κ3) is 3.61. The zero-order valence-corrected chi connectivity index (χ0v) is 16.9. The first-order chi connectivity index (χ1) is 15.0. The molecule has 2 aromatic carbocycles.